The van der Waals surface area contributed by atoms with Gasteiger partial charge in [0.25, 0.3) is 0 Å². The number of H-pyrrole nitrogens is 1. The summed E-state index contributed by atoms with van der Waals surface area (Å²) >= 11 is 0. The highest BCUT2D eigenvalue weighted by molar-refractivity contribution is 5.87. The van der Waals surface area contributed by atoms with Gasteiger partial charge in [0, 0.05) is 25.3 Å². The molecule has 1 atom stereocenters. The minimum Gasteiger partial charge on any atom is -0.356 e. The van der Waals surface area contributed by atoms with Crippen molar-refractivity contribution in [3.8, 4) is 0 Å². The largest absolute Gasteiger partial charge is 0.356 e. The molecule has 0 bridgehead atoms. The normalized spacial score (nSPS) is 19.3. The molecule has 3 N–H and O–H groups in total. The Morgan fingerprint density at radius 1 is 1.39 bits per heavy atom. The summed E-state index contributed by atoms with van der Waals surface area (Å²) in [5.41, 5.74) is 6.89. The predicted octanol–water partition coefficient (Wildman–Crippen LogP) is 1.52. The molecule has 2 aromatic rings. The average Bonchev–Trinajstić information content (AvgIpc) is 2.87. The number of nitrogens with two attached hydrogens (primary N) is 1. The molecule has 18 heavy (non-hydrogen) atoms. The van der Waals surface area contributed by atoms with E-state index < -0.39 is 0 Å². The van der Waals surface area contributed by atoms with E-state index in [0.29, 0.717) is 12.0 Å². The smallest absolute Gasteiger partial charge is 0.142 e. The van der Waals surface area contributed by atoms with Gasteiger partial charge in [0.1, 0.15) is 17.8 Å². The van der Waals surface area contributed by atoms with Crippen LogP contribution in [0, 0.1) is 5.92 Å². The maximum atomic E-state index is 5.98. The third kappa shape index (κ3) is 1.95. The first-order valence-corrected chi connectivity index (χ1v) is 6.54. The fraction of sp³-hybridized carbons (Fsp3) is 0.538. The topological polar surface area (TPSA) is 70.8 Å². The Bertz CT molecular complexity index is 525. The van der Waals surface area contributed by atoms with Crippen molar-refractivity contribution in [1.29, 1.82) is 0 Å². The van der Waals surface area contributed by atoms with Crippen LogP contribution in [0.1, 0.15) is 19.8 Å². The first-order valence-electron chi connectivity index (χ1n) is 6.54. The van der Waals surface area contributed by atoms with Gasteiger partial charge in [-0.05, 0) is 31.7 Å². The van der Waals surface area contributed by atoms with E-state index in [9.17, 15) is 0 Å². The number of aromatic amines is 1. The van der Waals surface area contributed by atoms with Crippen LogP contribution in [0.5, 0.6) is 0 Å². The molecule has 1 fully saturated rings. The molecule has 1 aliphatic rings. The molecule has 1 aliphatic heterocycles. The van der Waals surface area contributed by atoms with Crippen molar-refractivity contribution in [3.63, 3.8) is 0 Å². The zero-order valence-electron chi connectivity index (χ0n) is 10.6. The summed E-state index contributed by atoms with van der Waals surface area (Å²) in [6.45, 7) is 4.17. The van der Waals surface area contributed by atoms with Gasteiger partial charge in [0.2, 0.25) is 0 Å². The van der Waals surface area contributed by atoms with E-state index in [0.717, 1.165) is 42.8 Å². The van der Waals surface area contributed by atoms with Crippen LogP contribution >= 0.6 is 0 Å². The summed E-state index contributed by atoms with van der Waals surface area (Å²) < 4.78 is 0. The van der Waals surface area contributed by atoms with Crippen LogP contribution in [-0.2, 0) is 0 Å². The van der Waals surface area contributed by atoms with Crippen molar-refractivity contribution >= 4 is 16.9 Å². The van der Waals surface area contributed by atoms with E-state index in [4.69, 9.17) is 5.73 Å². The molecule has 3 rings (SSSR count). The van der Waals surface area contributed by atoms with Gasteiger partial charge < -0.3 is 15.6 Å². The minimum atomic E-state index is 0.296. The van der Waals surface area contributed by atoms with Gasteiger partial charge in [-0.1, -0.05) is 0 Å². The first-order chi connectivity index (χ1) is 8.75. The molecule has 96 valence electrons. The second-order valence-corrected chi connectivity index (χ2v) is 5.12. The van der Waals surface area contributed by atoms with E-state index in [-0.39, 0.29) is 0 Å². The maximum absolute atomic E-state index is 5.98. The number of nitrogens with one attached hydrogen (secondary N) is 1. The number of anilines is 1. The van der Waals surface area contributed by atoms with Gasteiger partial charge in [-0.3, -0.25) is 0 Å². The van der Waals surface area contributed by atoms with E-state index in [1.807, 2.05) is 12.3 Å². The third-order valence-corrected chi connectivity index (χ3v) is 3.92. The monoisotopic (exact) mass is 245 g/mol. The van der Waals surface area contributed by atoms with Crippen molar-refractivity contribution in [2.45, 2.75) is 25.8 Å². The fourth-order valence-corrected chi connectivity index (χ4v) is 2.75. The van der Waals surface area contributed by atoms with E-state index >= 15 is 0 Å². The number of piperidine rings is 1. The summed E-state index contributed by atoms with van der Waals surface area (Å²) in [7, 11) is 0. The Balaban J connectivity index is 1.82. The molecule has 0 saturated carbocycles. The Labute approximate surface area is 106 Å². The number of hydrogen-bond acceptors (Lipinski definition) is 4. The summed E-state index contributed by atoms with van der Waals surface area (Å²) in [6, 6.07) is 2.34. The van der Waals surface area contributed by atoms with Crippen LogP contribution in [0.15, 0.2) is 18.6 Å². The number of fused-ring (bicyclic) bond motifs is 1. The summed E-state index contributed by atoms with van der Waals surface area (Å²) in [4.78, 5) is 14.1. The summed E-state index contributed by atoms with van der Waals surface area (Å²) in [5.74, 6) is 1.69. The van der Waals surface area contributed by atoms with Crippen LogP contribution in [0.3, 0.4) is 0 Å². The quantitative estimate of drug-likeness (QED) is 0.841. The van der Waals surface area contributed by atoms with E-state index in [1.165, 1.54) is 0 Å². The molecule has 0 aromatic carbocycles. The van der Waals surface area contributed by atoms with Gasteiger partial charge in [-0.15, -0.1) is 0 Å². The minimum absolute atomic E-state index is 0.296. The molecule has 5 heteroatoms. The number of nitrogens with zero attached hydrogens (tertiary/aromatic N) is 3. The van der Waals surface area contributed by atoms with Crippen LogP contribution in [0.4, 0.5) is 5.82 Å². The molecule has 5 nitrogen and oxygen atoms in total. The molecule has 1 saturated heterocycles. The number of aromatic nitrogens is 3. The summed E-state index contributed by atoms with van der Waals surface area (Å²) in [6.07, 6.45) is 5.84. The molecule has 3 heterocycles. The molecule has 0 amide bonds. The van der Waals surface area contributed by atoms with Crippen LogP contribution < -0.4 is 10.6 Å². The second-order valence-electron chi connectivity index (χ2n) is 5.12. The lowest BCUT2D eigenvalue weighted by atomic mass is 9.91. The Morgan fingerprint density at radius 3 is 2.89 bits per heavy atom. The zero-order valence-corrected chi connectivity index (χ0v) is 10.6. The van der Waals surface area contributed by atoms with Gasteiger partial charge >= 0.3 is 0 Å². The van der Waals surface area contributed by atoms with Crippen molar-refractivity contribution in [3.05, 3.63) is 18.6 Å². The Kier molecular flexibility index (Phi) is 2.91. The van der Waals surface area contributed by atoms with Crippen molar-refractivity contribution < 1.29 is 0 Å². The fourth-order valence-electron chi connectivity index (χ4n) is 2.75. The van der Waals surface area contributed by atoms with Crippen molar-refractivity contribution in [2.75, 3.05) is 18.0 Å². The molecule has 0 aliphatic carbocycles. The highest BCUT2D eigenvalue weighted by Crippen LogP contribution is 2.27. The lowest BCUT2D eigenvalue weighted by Gasteiger charge is -2.34. The Morgan fingerprint density at radius 2 is 2.17 bits per heavy atom. The van der Waals surface area contributed by atoms with Gasteiger partial charge in [0.15, 0.2) is 0 Å². The molecular formula is C13H19N5. The predicted molar refractivity (Wildman–Crippen MR) is 72.5 cm³/mol. The molecule has 0 spiro atoms. The molecule has 0 radical (unpaired) electrons. The van der Waals surface area contributed by atoms with Crippen LogP contribution in [0.2, 0.25) is 0 Å². The molecule has 1 unspecified atom stereocenters. The molecule has 2 aromatic heterocycles. The number of rotatable bonds is 2. The Hall–Kier alpha value is -1.62. The second kappa shape index (κ2) is 4.57. The maximum Gasteiger partial charge on any atom is 0.142 e. The van der Waals surface area contributed by atoms with Gasteiger partial charge in [-0.25, -0.2) is 9.97 Å². The lowest BCUT2D eigenvalue weighted by Crippen LogP contribution is -2.40. The highest BCUT2D eigenvalue weighted by atomic mass is 15.2. The van der Waals surface area contributed by atoms with Crippen molar-refractivity contribution in [1.82, 2.24) is 15.0 Å². The third-order valence-electron chi connectivity index (χ3n) is 3.92. The van der Waals surface area contributed by atoms with Gasteiger partial charge in [0.05, 0.1) is 5.39 Å². The highest BCUT2D eigenvalue weighted by Gasteiger charge is 2.23. The molecular weight excluding hydrogens is 226 g/mol. The van der Waals surface area contributed by atoms with Gasteiger partial charge in [-0.2, -0.15) is 0 Å². The lowest BCUT2D eigenvalue weighted by molar-refractivity contribution is 0.354. The van der Waals surface area contributed by atoms with Crippen molar-refractivity contribution in [2.24, 2.45) is 11.7 Å². The van der Waals surface area contributed by atoms with E-state index in [1.54, 1.807) is 6.33 Å². The zero-order chi connectivity index (χ0) is 12.5. The number of hydrogen-bond donors (Lipinski definition) is 2. The summed E-state index contributed by atoms with van der Waals surface area (Å²) in [5, 5.41) is 1.11. The van der Waals surface area contributed by atoms with Crippen LogP contribution in [-0.4, -0.2) is 34.1 Å². The van der Waals surface area contributed by atoms with Crippen LogP contribution in [0.25, 0.3) is 11.0 Å². The first kappa shape index (κ1) is 11.5. The standard InChI is InChI=1S/C13H19N5/c1-9(14)10-3-6-18(7-4-10)13-11-2-5-15-12(11)16-8-17-13/h2,5,8-10H,3-4,6-7,14H2,1H3,(H,15,16,17). The average molecular weight is 245 g/mol. The van der Waals surface area contributed by atoms with E-state index in [2.05, 4.69) is 26.8 Å². The SMILES string of the molecule is CC(N)C1CCN(c2ncnc3[nH]ccc23)CC1.